The van der Waals surface area contributed by atoms with Crippen molar-refractivity contribution < 1.29 is 9.59 Å². The normalized spacial score (nSPS) is 18.5. The molecule has 0 saturated carbocycles. The van der Waals surface area contributed by atoms with Crippen molar-refractivity contribution >= 4 is 23.2 Å². The molecule has 1 unspecified atom stereocenters. The molecular formula is C24H28N4O2S. The Balaban J connectivity index is 1.56. The molecule has 0 radical (unpaired) electrons. The number of rotatable bonds is 6. The SMILES string of the molecule is CC(C)NC(=O)C1(Cc2ccc(-c3cccs3)cc2)CCN(C(=O)c2ccn(C)n2)C1. The van der Waals surface area contributed by atoms with E-state index < -0.39 is 5.41 Å². The van der Waals surface area contributed by atoms with Gasteiger partial charge in [-0.1, -0.05) is 30.3 Å². The third-order valence-corrected chi connectivity index (χ3v) is 6.70. The van der Waals surface area contributed by atoms with Crippen LogP contribution in [-0.2, 0) is 18.3 Å². The second kappa shape index (κ2) is 8.67. The predicted octanol–water partition coefficient (Wildman–Crippen LogP) is 3.75. The first-order chi connectivity index (χ1) is 14.9. The van der Waals surface area contributed by atoms with Crippen molar-refractivity contribution in [2.24, 2.45) is 12.5 Å². The molecule has 6 nitrogen and oxygen atoms in total. The number of thiophene rings is 1. The van der Waals surface area contributed by atoms with Gasteiger partial charge in [0.05, 0.1) is 5.41 Å². The lowest BCUT2D eigenvalue weighted by molar-refractivity contribution is -0.130. The number of amides is 2. The molecule has 1 aliphatic heterocycles. The molecule has 1 atom stereocenters. The largest absolute Gasteiger partial charge is 0.353 e. The first-order valence-electron chi connectivity index (χ1n) is 10.6. The second-order valence-corrected chi connectivity index (χ2v) is 9.56. The number of nitrogens with zero attached hydrogens (tertiary/aromatic N) is 3. The summed E-state index contributed by atoms with van der Waals surface area (Å²) in [7, 11) is 1.79. The molecule has 3 aromatic rings. The Morgan fingerprint density at radius 1 is 1.19 bits per heavy atom. The summed E-state index contributed by atoms with van der Waals surface area (Å²) in [5, 5.41) is 9.40. The predicted molar refractivity (Wildman–Crippen MR) is 123 cm³/mol. The monoisotopic (exact) mass is 436 g/mol. The number of carbonyl (C=O) groups is 2. The number of likely N-dealkylation sites (tertiary alicyclic amines) is 1. The molecule has 1 aromatic carbocycles. The lowest BCUT2D eigenvalue weighted by Gasteiger charge is -2.29. The van der Waals surface area contributed by atoms with Crippen LogP contribution in [0, 0.1) is 5.41 Å². The molecular weight excluding hydrogens is 408 g/mol. The molecule has 4 rings (SSSR count). The molecule has 2 aromatic heterocycles. The van der Waals surface area contributed by atoms with Gasteiger partial charge in [-0.3, -0.25) is 14.3 Å². The van der Waals surface area contributed by atoms with Gasteiger partial charge in [0.2, 0.25) is 5.91 Å². The summed E-state index contributed by atoms with van der Waals surface area (Å²) in [5.74, 6) is -0.103. The minimum absolute atomic E-state index is 0.0150. The van der Waals surface area contributed by atoms with Crippen LogP contribution in [-0.4, -0.2) is 45.6 Å². The number of benzene rings is 1. The Morgan fingerprint density at radius 2 is 1.97 bits per heavy atom. The topological polar surface area (TPSA) is 67.2 Å². The lowest BCUT2D eigenvalue weighted by atomic mass is 9.79. The minimum atomic E-state index is -0.640. The van der Waals surface area contributed by atoms with Crippen LogP contribution in [0.2, 0.25) is 0 Å². The van der Waals surface area contributed by atoms with E-state index in [1.54, 1.807) is 40.2 Å². The Hall–Kier alpha value is -2.93. The fourth-order valence-electron chi connectivity index (χ4n) is 4.18. The van der Waals surface area contributed by atoms with Gasteiger partial charge in [0.15, 0.2) is 0 Å². The number of nitrogens with one attached hydrogen (secondary N) is 1. The summed E-state index contributed by atoms with van der Waals surface area (Å²) in [6, 6.07) is 14.3. The van der Waals surface area contributed by atoms with Crippen LogP contribution in [0.5, 0.6) is 0 Å². The van der Waals surface area contributed by atoms with Crippen molar-refractivity contribution in [2.75, 3.05) is 13.1 Å². The molecule has 3 heterocycles. The van der Waals surface area contributed by atoms with Crippen LogP contribution < -0.4 is 5.32 Å². The van der Waals surface area contributed by atoms with Crippen LogP contribution in [0.15, 0.2) is 54.0 Å². The summed E-state index contributed by atoms with van der Waals surface area (Å²) in [4.78, 5) is 29.2. The number of aromatic nitrogens is 2. The summed E-state index contributed by atoms with van der Waals surface area (Å²) >= 11 is 1.71. The fourth-order valence-corrected chi connectivity index (χ4v) is 4.92. The molecule has 31 heavy (non-hydrogen) atoms. The third-order valence-electron chi connectivity index (χ3n) is 5.78. The van der Waals surface area contributed by atoms with Gasteiger partial charge in [-0.2, -0.15) is 5.10 Å². The second-order valence-electron chi connectivity index (χ2n) is 8.61. The zero-order valence-corrected chi connectivity index (χ0v) is 19.0. The summed E-state index contributed by atoms with van der Waals surface area (Å²) in [6.07, 6.45) is 3.00. The van der Waals surface area contributed by atoms with E-state index in [1.807, 2.05) is 19.9 Å². The lowest BCUT2D eigenvalue weighted by Crippen LogP contribution is -2.47. The molecule has 2 amide bonds. The highest BCUT2D eigenvalue weighted by Gasteiger charge is 2.46. The number of hydrogen-bond acceptors (Lipinski definition) is 4. The van der Waals surface area contributed by atoms with E-state index in [0.717, 1.165) is 5.56 Å². The maximum atomic E-state index is 13.3. The number of hydrogen-bond donors (Lipinski definition) is 1. The smallest absolute Gasteiger partial charge is 0.274 e. The van der Waals surface area contributed by atoms with Gasteiger partial charge in [-0.05, 0) is 55.3 Å². The van der Waals surface area contributed by atoms with Crippen LogP contribution in [0.25, 0.3) is 10.4 Å². The van der Waals surface area contributed by atoms with E-state index in [-0.39, 0.29) is 17.9 Å². The van der Waals surface area contributed by atoms with Gasteiger partial charge in [-0.25, -0.2) is 0 Å². The molecule has 1 saturated heterocycles. The standard InChI is InChI=1S/C24H28N4O2S/c1-17(2)25-23(30)24(11-13-28(16-24)22(29)20-10-12-27(3)26-20)15-18-6-8-19(9-7-18)21-5-4-14-31-21/h4-10,12,14,17H,11,13,15-16H2,1-3H3,(H,25,30). The van der Waals surface area contributed by atoms with Crippen LogP contribution in [0.4, 0.5) is 0 Å². The van der Waals surface area contributed by atoms with Crippen LogP contribution in [0.1, 0.15) is 36.3 Å². The Labute approximate surface area is 186 Å². The Morgan fingerprint density at radius 3 is 2.58 bits per heavy atom. The number of aryl methyl sites for hydroxylation is 1. The molecule has 0 spiro atoms. The summed E-state index contributed by atoms with van der Waals surface area (Å²) in [6.45, 7) is 4.88. The quantitative estimate of drug-likeness (QED) is 0.640. The summed E-state index contributed by atoms with van der Waals surface area (Å²) < 4.78 is 1.62. The van der Waals surface area contributed by atoms with Crippen molar-refractivity contribution in [3.63, 3.8) is 0 Å². The highest BCUT2D eigenvalue weighted by Crippen LogP contribution is 2.36. The molecule has 1 fully saturated rings. The first-order valence-corrected chi connectivity index (χ1v) is 11.5. The van der Waals surface area contributed by atoms with Gasteiger partial charge in [0.25, 0.3) is 5.91 Å². The summed E-state index contributed by atoms with van der Waals surface area (Å²) in [5.41, 5.74) is 2.06. The van der Waals surface area contributed by atoms with Crippen molar-refractivity contribution in [3.8, 4) is 10.4 Å². The Bertz CT molecular complexity index is 1060. The van der Waals surface area contributed by atoms with Gasteiger partial charge >= 0.3 is 0 Å². The van der Waals surface area contributed by atoms with Gasteiger partial charge in [0, 0.05) is 37.3 Å². The van der Waals surface area contributed by atoms with Crippen molar-refractivity contribution in [1.29, 1.82) is 0 Å². The van der Waals surface area contributed by atoms with E-state index in [2.05, 4.69) is 46.1 Å². The molecule has 1 N–H and O–H groups in total. The van der Waals surface area contributed by atoms with Crippen LogP contribution >= 0.6 is 11.3 Å². The van der Waals surface area contributed by atoms with E-state index in [9.17, 15) is 9.59 Å². The fraction of sp³-hybridized carbons (Fsp3) is 0.375. The van der Waals surface area contributed by atoms with Gasteiger partial charge < -0.3 is 10.2 Å². The van der Waals surface area contributed by atoms with Crippen molar-refractivity contribution in [2.45, 2.75) is 32.7 Å². The van der Waals surface area contributed by atoms with E-state index in [1.165, 1.54) is 10.4 Å². The van der Waals surface area contributed by atoms with Gasteiger partial charge in [0.1, 0.15) is 5.69 Å². The molecule has 1 aliphatic rings. The molecule has 7 heteroatoms. The van der Waals surface area contributed by atoms with E-state index in [0.29, 0.717) is 31.6 Å². The zero-order valence-electron chi connectivity index (χ0n) is 18.2. The Kier molecular flexibility index (Phi) is 5.96. The number of carbonyl (C=O) groups excluding carboxylic acids is 2. The van der Waals surface area contributed by atoms with Crippen molar-refractivity contribution in [3.05, 3.63) is 65.3 Å². The average molecular weight is 437 g/mol. The van der Waals surface area contributed by atoms with E-state index >= 15 is 0 Å². The highest BCUT2D eigenvalue weighted by molar-refractivity contribution is 7.13. The zero-order chi connectivity index (χ0) is 22.0. The average Bonchev–Trinajstić information content (AvgIpc) is 3.49. The maximum Gasteiger partial charge on any atom is 0.274 e. The van der Waals surface area contributed by atoms with E-state index in [4.69, 9.17) is 0 Å². The minimum Gasteiger partial charge on any atom is -0.353 e. The highest BCUT2D eigenvalue weighted by atomic mass is 32.1. The van der Waals surface area contributed by atoms with Crippen LogP contribution in [0.3, 0.4) is 0 Å². The molecule has 162 valence electrons. The third kappa shape index (κ3) is 4.56. The van der Waals surface area contributed by atoms with Crippen molar-refractivity contribution in [1.82, 2.24) is 20.0 Å². The van der Waals surface area contributed by atoms with Gasteiger partial charge in [-0.15, -0.1) is 11.3 Å². The molecule has 0 aliphatic carbocycles. The first kappa shape index (κ1) is 21.3. The molecule has 0 bridgehead atoms. The maximum absolute atomic E-state index is 13.3.